The average molecular weight is 123 g/mol. The lowest BCUT2D eigenvalue weighted by molar-refractivity contribution is 0.262. The van der Waals surface area contributed by atoms with E-state index in [-0.39, 0.29) is 5.54 Å². The minimum absolute atomic E-state index is 0.0556. The van der Waals surface area contributed by atoms with Crippen LogP contribution in [0.1, 0.15) is 19.8 Å². The van der Waals surface area contributed by atoms with Gasteiger partial charge in [-0.15, -0.1) is 6.42 Å². The van der Waals surface area contributed by atoms with Gasteiger partial charge in [0.05, 0.1) is 5.54 Å². The Morgan fingerprint density at radius 2 is 2.33 bits per heavy atom. The predicted molar refractivity (Wildman–Crippen MR) is 39.1 cm³/mol. The summed E-state index contributed by atoms with van der Waals surface area (Å²) in [5.74, 6) is 2.82. The van der Waals surface area contributed by atoms with Gasteiger partial charge in [-0.3, -0.25) is 4.90 Å². The smallest absolute Gasteiger partial charge is 0.0792 e. The molecule has 0 aromatic carbocycles. The van der Waals surface area contributed by atoms with Crippen molar-refractivity contribution in [2.75, 3.05) is 13.6 Å². The normalized spacial score (nSPS) is 36.6. The third-order valence-corrected chi connectivity index (χ3v) is 2.31. The number of rotatable bonds is 0. The summed E-state index contributed by atoms with van der Waals surface area (Å²) in [6.07, 6.45) is 7.77. The first kappa shape index (κ1) is 6.64. The molecule has 1 rings (SSSR count). The first-order valence-electron chi connectivity index (χ1n) is 3.38. The van der Waals surface area contributed by atoms with Crippen LogP contribution in [0.5, 0.6) is 0 Å². The second-order valence-corrected chi connectivity index (χ2v) is 2.94. The molecule has 1 aliphatic heterocycles. The van der Waals surface area contributed by atoms with Gasteiger partial charge < -0.3 is 0 Å². The van der Waals surface area contributed by atoms with Crippen LogP contribution in [0.3, 0.4) is 0 Å². The Labute approximate surface area is 57.0 Å². The Kier molecular flexibility index (Phi) is 1.50. The van der Waals surface area contributed by atoms with Crippen LogP contribution in [0, 0.1) is 12.3 Å². The highest BCUT2D eigenvalue weighted by Gasteiger charge is 2.31. The Morgan fingerprint density at radius 3 is 2.56 bits per heavy atom. The van der Waals surface area contributed by atoms with E-state index in [0.717, 1.165) is 13.0 Å². The molecule has 0 aromatic heterocycles. The zero-order valence-electron chi connectivity index (χ0n) is 6.15. The minimum Gasteiger partial charge on any atom is -0.291 e. The molecule has 1 heteroatoms. The Morgan fingerprint density at radius 1 is 1.67 bits per heavy atom. The summed E-state index contributed by atoms with van der Waals surface area (Å²) in [4.78, 5) is 2.24. The fourth-order valence-electron chi connectivity index (χ4n) is 1.28. The summed E-state index contributed by atoms with van der Waals surface area (Å²) in [6.45, 7) is 3.28. The molecule has 0 N–H and O–H groups in total. The molecular formula is C8H13N. The maximum atomic E-state index is 5.37. The number of nitrogens with zero attached hydrogens (tertiary/aromatic N) is 1. The molecule has 1 atom stereocenters. The van der Waals surface area contributed by atoms with Crippen LogP contribution in [-0.2, 0) is 0 Å². The molecule has 0 unspecified atom stereocenters. The number of hydrogen-bond donors (Lipinski definition) is 0. The third kappa shape index (κ3) is 0.951. The summed E-state index contributed by atoms with van der Waals surface area (Å²) in [7, 11) is 2.09. The van der Waals surface area contributed by atoms with E-state index < -0.39 is 0 Å². The molecule has 9 heavy (non-hydrogen) atoms. The van der Waals surface area contributed by atoms with Crippen LogP contribution in [-0.4, -0.2) is 24.0 Å². The molecule has 50 valence electrons. The van der Waals surface area contributed by atoms with Gasteiger partial charge in [-0.25, -0.2) is 0 Å². The van der Waals surface area contributed by atoms with Gasteiger partial charge in [0.1, 0.15) is 0 Å². The highest BCUT2D eigenvalue weighted by Crippen LogP contribution is 2.25. The van der Waals surface area contributed by atoms with Gasteiger partial charge >= 0.3 is 0 Å². The fourth-order valence-corrected chi connectivity index (χ4v) is 1.28. The lowest BCUT2D eigenvalue weighted by Crippen LogP contribution is -2.36. The quantitative estimate of drug-likeness (QED) is 0.436. The molecule has 1 aliphatic rings. The standard InChI is InChI=1S/C8H13N/c1-4-8(2)6-5-7-9(8)3/h1H,5-7H2,2-3H3/t8-/m1/s1. The summed E-state index contributed by atoms with van der Waals surface area (Å²) < 4.78 is 0. The van der Waals surface area contributed by atoms with E-state index >= 15 is 0 Å². The van der Waals surface area contributed by atoms with Crippen molar-refractivity contribution in [3.8, 4) is 12.3 Å². The van der Waals surface area contributed by atoms with Gasteiger partial charge in [-0.1, -0.05) is 5.92 Å². The second kappa shape index (κ2) is 2.04. The van der Waals surface area contributed by atoms with Crippen LogP contribution < -0.4 is 0 Å². The first-order valence-corrected chi connectivity index (χ1v) is 3.38. The van der Waals surface area contributed by atoms with Crippen LogP contribution in [0.25, 0.3) is 0 Å². The Balaban J connectivity index is 2.70. The summed E-state index contributed by atoms with van der Waals surface area (Å²) in [6, 6.07) is 0. The van der Waals surface area contributed by atoms with Crippen LogP contribution in [0.4, 0.5) is 0 Å². The lowest BCUT2D eigenvalue weighted by Gasteiger charge is -2.25. The predicted octanol–water partition coefficient (Wildman–Crippen LogP) is 1.10. The summed E-state index contributed by atoms with van der Waals surface area (Å²) >= 11 is 0. The molecule has 0 spiro atoms. The van der Waals surface area contributed by atoms with Crippen molar-refractivity contribution < 1.29 is 0 Å². The molecule has 0 aromatic rings. The van der Waals surface area contributed by atoms with Crippen LogP contribution in [0.15, 0.2) is 0 Å². The molecule has 1 heterocycles. The Hall–Kier alpha value is -0.480. The number of terminal acetylenes is 1. The topological polar surface area (TPSA) is 3.24 Å². The molecule has 0 bridgehead atoms. The maximum Gasteiger partial charge on any atom is 0.0792 e. The van der Waals surface area contributed by atoms with Crippen molar-refractivity contribution in [1.82, 2.24) is 4.90 Å². The highest BCUT2D eigenvalue weighted by atomic mass is 15.2. The largest absolute Gasteiger partial charge is 0.291 e. The zero-order chi connectivity index (χ0) is 6.91. The van der Waals surface area contributed by atoms with Gasteiger partial charge in [-0.2, -0.15) is 0 Å². The second-order valence-electron chi connectivity index (χ2n) is 2.94. The van der Waals surface area contributed by atoms with Crippen molar-refractivity contribution in [2.45, 2.75) is 25.3 Å². The van der Waals surface area contributed by atoms with E-state index in [1.807, 2.05) is 0 Å². The average Bonchev–Trinajstić information content (AvgIpc) is 2.15. The molecule has 0 amide bonds. The van der Waals surface area contributed by atoms with Gasteiger partial charge in [0.15, 0.2) is 0 Å². The van der Waals surface area contributed by atoms with E-state index in [4.69, 9.17) is 6.42 Å². The van der Waals surface area contributed by atoms with Crippen molar-refractivity contribution in [3.63, 3.8) is 0 Å². The molecule has 1 fully saturated rings. The van der Waals surface area contributed by atoms with Gasteiger partial charge in [0.2, 0.25) is 0 Å². The molecule has 1 nitrogen and oxygen atoms in total. The summed E-state index contributed by atoms with van der Waals surface area (Å²) in [5.41, 5.74) is 0.0556. The fraction of sp³-hybridized carbons (Fsp3) is 0.750. The van der Waals surface area contributed by atoms with E-state index in [1.165, 1.54) is 6.42 Å². The highest BCUT2D eigenvalue weighted by molar-refractivity contribution is 5.12. The zero-order valence-corrected chi connectivity index (χ0v) is 6.15. The van der Waals surface area contributed by atoms with Gasteiger partial charge in [0, 0.05) is 0 Å². The Bertz CT molecular complexity index is 145. The van der Waals surface area contributed by atoms with Crippen LogP contribution >= 0.6 is 0 Å². The van der Waals surface area contributed by atoms with Crippen LogP contribution in [0.2, 0.25) is 0 Å². The van der Waals surface area contributed by atoms with E-state index in [2.05, 4.69) is 24.8 Å². The molecule has 0 saturated carbocycles. The molecule has 0 aliphatic carbocycles. The number of hydrogen-bond acceptors (Lipinski definition) is 1. The summed E-state index contributed by atoms with van der Waals surface area (Å²) in [5, 5.41) is 0. The monoisotopic (exact) mass is 123 g/mol. The van der Waals surface area contributed by atoms with E-state index in [0.29, 0.717) is 0 Å². The molecular weight excluding hydrogens is 110 g/mol. The SMILES string of the molecule is C#C[C@]1(C)CCCN1C. The van der Waals surface area contributed by atoms with Crippen molar-refractivity contribution >= 4 is 0 Å². The third-order valence-electron chi connectivity index (χ3n) is 2.31. The van der Waals surface area contributed by atoms with Gasteiger partial charge in [0.25, 0.3) is 0 Å². The van der Waals surface area contributed by atoms with E-state index in [1.54, 1.807) is 0 Å². The van der Waals surface area contributed by atoms with Crippen molar-refractivity contribution in [3.05, 3.63) is 0 Å². The van der Waals surface area contributed by atoms with E-state index in [9.17, 15) is 0 Å². The lowest BCUT2D eigenvalue weighted by atomic mass is 10.0. The first-order chi connectivity index (χ1) is 4.19. The maximum absolute atomic E-state index is 5.37. The van der Waals surface area contributed by atoms with Gasteiger partial charge in [-0.05, 0) is 33.4 Å². The minimum atomic E-state index is 0.0556. The molecule has 1 saturated heterocycles. The number of likely N-dealkylation sites (tertiary alicyclic amines) is 1. The molecule has 0 radical (unpaired) electrons. The van der Waals surface area contributed by atoms with Crippen molar-refractivity contribution in [1.29, 1.82) is 0 Å². The van der Waals surface area contributed by atoms with Crippen molar-refractivity contribution in [2.24, 2.45) is 0 Å².